The molecule has 0 aliphatic carbocycles. The Hall–Kier alpha value is -0.870. The maximum Gasteiger partial charge on any atom is 0.238 e. The van der Waals surface area contributed by atoms with Crippen molar-refractivity contribution >= 4 is 40.0 Å². The standard InChI is InChI=1S/C15H24N4O2S.HI/c1-12-7-10-19(11-8-12)15(16)18-9-6-13-2-4-14(5-3-13)22(17,20)21;/h2-5,12H,6-11H2,1H3,(H2,16,18)(H2,17,20,21);1H. The lowest BCUT2D eigenvalue weighted by Crippen LogP contribution is -2.42. The molecule has 130 valence electrons. The van der Waals surface area contributed by atoms with Gasteiger partial charge in [-0.2, -0.15) is 0 Å². The van der Waals surface area contributed by atoms with Gasteiger partial charge in [-0.15, -0.1) is 24.0 Å². The minimum Gasteiger partial charge on any atom is -0.370 e. The molecule has 0 saturated carbocycles. The summed E-state index contributed by atoms with van der Waals surface area (Å²) in [6, 6.07) is 6.55. The predicted octanol–water partition coefficient (Wildman–Crippen LogP) is 1.54. The number of hydrogen-bond donors (Lipinski definition) is 2. The summed E-state index contributed by atoms with van der Waals surface area (Å²) in [7, 11) is -3.63. The molecule has 1 aliphatic rings. The minimum atomic E-state index is -3.63. The number of likely N-dealkylation sites (tertiary alicyclic amines) is 1. The largest absolute Gasteiger partial charge is 0.370 e. The summed E-state index contributed by atoms with van der Waals surface area (Å²) in [6.07, 6.45) is 3.03. The van der Waals surface area contributed by atoms with E-state index >= 15 is 0 Å². The lowest BCUT2D eigenvalue weighted by Gasteiger charge is -2.31. The van der Waals surface area contributed by atoms with Gasteiger partial charge < -0.3 is 10.6 Å². The van der Waals surface area contributed by atoms with Crippen LogP contribution in [0.4, 0.5) is 0 Å². The maximum atomic E-state index is 11.2. The minimum absolute atomic E-state index is 0. The van der Waals surface area contributed by atoms with Gasteiger partial charge in [-0.3, -0.25) is 4.99 Å². The van der Waals surface area contributed by atoms with Crippen LogP contribution in [0.2, 0.25) is 0 Å². The number of nitrogens with two attached hydrogens (primary N) is 2. The highest BCUT2D eigenvalue weighted by atomic mass is 127. The van der Waals surface area contributed by atoms with Crippen LogP contribution in [0.1, 0.15) is 25.3 Å². The van der Waals surface area contributed by atoms with Crippen molar-refractivity contribution < 1.29 is 8.42 Å². The molecule has 23 heavy (non-hydrogen) atoms. The zero-order valence-electron chi connectivity index (χ0n) is 13.3. The van der Waals surface area contributed by atoms with Crippen molar-refractivity contribution in [2.45, 2.75) is 31.1 Å². The molecule has 6 nitrogen and oxygen atoms in total. The van der Waals surface area contributed by atoms with Crippen LogP contribution in [-0.2, 0) is 16.4 Å². The number of nitrogens with zero attached hydrogens (tertiary/aromatic N) is 2. The van der Waals surface area contributed by atoms with Crippen LogP contribution < -0.4 is 10.9 Å². The molecule has 1 aromatic rings. The number of benzene rings is 1. The Morgan fingerprint density at radius 1 is 1.26 bits per heavy atom. The molecule has 0 atom stereocenters. The van der Waals surface area contributed by atoms with Crippen molar-refractivity contribution in [1.82, 2.24) is 4.90 Å². The Balaban J connectivity index is 0.00000264. The van der Waals surface area contributed by atoms with Crippen LogP contribution in [0.5, 0.6) is 0 Å². The summed E-state index contributed by atoms with van der Waals surface area (Å²) in [5.74, 6) is 1.37. The molecular weight excluding hydrogens is 427 g/mol. The Morgan fingerprint density at radius 2 is 1.83 bits per heavy atom. The second-order valence-electron chi connectivity index (χ2n) is 5.85. The molecule has 1 fully saturated rings. The van der Waals surface area contributed by atoms with Crippen molar-refractivity contribution in [1.29, 1.82) is 0 Å². The molecule has 0 aromatic heterocycles. The molecule has 1 aliphatic heterocycles. The van der Waals surface area contributed by atoms with Gasteiger partial charge in [0.2, 0.25) is 10.0 Å². The first-order valence-corrected chi connectivity index (χ1v) is 9.07. The number of halogens is 1. The quantitative estimate of drug-likeness (QED) is 0.411. The van der Waals surface area contributed by atoms with Crippen LogP contribution in [0.15, 0.2) is 34.2 Å². The zero-order valence-corrected chi connectivity index (χ0v) is 16.5. The average Bonchev–Trinajstić information content (AvgIpc) is 2.47. The zero-order chi connectivity index (χ0) is 16.2. The molecular formula is C15H25IN4O2S. The first-order chi connectivity index (χ1) is 10.4. The average molecular weight is 452 g/mol. The van der Waals surface area contributed by atoms with Crippen molar-refractivity contribution in [3.63, 3.8) is 0 Å². The molecule has 1 saturated heterocycles. The molecule has 8 heteroatoms. The van der Waals surface area contributed by atoms with E-state index in [1.807, 2.05) is 0 Å². The van der Waals surface area contributed by atoms with E-state index < -0.39 is 10.0 Å². The first kappa shape index (κ1) is 20.2. The van der Waals surface area contributed by atoms with Gasteiger partial charge in [0.1, 0.15) is 0 Å². The fourth-order valence-corrected chi connectivity index (χ4v) is 3.00. The number of primary sulfonamides is 1. The van der Waals surface area contributed by atoms with E-state index in [2.05, 4.69) is 16.8 Å². The highest BCUT2D eigenvalue weighted by Gasteiger charge is 2.16. The number of guanidine groups is 1. The van der Waals surface area contributed by atoms with E-state index in [0.29, 0.717) is 12.5 Å². The number of aliphatic imine (C=N–C) groups is 1. The van der Waals surface area contributed by atoms with Gasteiger partial charge in [-0.25, -0.2) is 13.6 Å². The smallest absolute Gasteiger partial charge is 0.238 e. The third kappa shape index (κ3) is 6.27. The highest BCUT2D eigenvalue weighted by molar-refractivity contribution is 14.0. The maximum absolute atomic E-state index is 11.2. The lowest BCUT2D eigenvalue weighted by atomic mass is 10.00. The molecule has 0 radical (unpaired) electrons. The van der Waals surface area contributed by atoms with Crippen LogP contribution >= 0.6 is 24.0 Å². The number of piperidine rings is 1. The fourth-order valence-electron chi connectivity index (χ4n) is 2.48. The summed E-state index contributed by atoms with van der Waals surface area (Å²) in [5, 5.41) is 5.07. The summed E-state index contributed by atoms with van der Waals surface area (Å²) >= 11 is 0. The Kier molecular flexibility index (Phi) is 7.75. The van der Waals surface area contributed by atoms with E-state index in [4.69, 9.17) is 10.9 Å². The van der Waals surface area contributed by atoms with Gasteiger partial charge in [-0.1, -0.05) is 19.1 Å². The fraction of sp³-hybridized carbons (Fsp3) is 0.533. The normalized spacial score (nSPS) is 17.0. The second kappa shape index (κ2) is 8.84. The predicted molar refractivity (Wildman–Crippen MR) is 103 cm³/mol. The summed E-state index contributed by atoms with van der Waals surface area (Å²) in [6.45, 7) is 4.79. The van der Waals surface area contributed by atoms with Crippen LogP contribution in [0.25, 0.3) is 0 Å². The Bertz CT molecular complexity index is 623. The Morgan fingerprint density at radius 3 is 2.35 bits per heavy atom. The number of hydrogen-bond acceptors (Lipinski definition) is 3. The lowest BCUT2D eigenvalue weighted by molar-refractivity contribution is 0.277. The van der Waals surface area contributed by atoms with Crippen LogP contribution in [-0.4, -0.2) is 38.9 Å². The van der Waals surface area contributed by atoms with Gasteiger partial charge in [0, 0.05) is 19.6 Å². The third-order valence-corrected chi connectivity index (χ3v) is 4.96. The first-order valence-electron chi connectivity index (χ1n) is 7.53. The number of rotatable bonds is 4. The summed E-state index contributed by atoms with van der Waals surface area (Å²) < 4.78 is 22.4. The monoisotopic (exact) mass is 452 g/mol. The topological polar surface area (TPSA) is 102 Å². The van der Waals surface area contributed by atoms with Crippen LogP contribution in [0.3, 0.4) is 0 Å². The van der Waals surface area contributed by atoms with Gasteiger partial charge >= 0.3 is 0 Å². The van der Waals surface area contributed by atoms with E-state index in [1.54, 1.807) is 12.1 Å². The SMILES string of the molecule is CC1CCN(C(N)=NCCc2ccc(S(N)(=O)=O)cc2)CC1.I. The molecule has 0 bridgehead atoms. The van der Waals surface area contributed by atoms with Gasteiger partial charge in [0.05, 0.1) is 4.90 Å². The van der Waals surface area contributed by atoms with E-state index in [-0.39, 0.29) is 28.9 Å². The highest BCUT2D eigenvalue weighted by Crippen LogP contribution is 2.15. The molecule has 0 spiro atoms. The molecule has 1 heterocycles. The van der Waals surface area contributed by atoms with Crippen molar-refractivity contribution in [2.75, 3.05) is 19.6 Å². The van der Waals surface area contributed by atoms with Crippen molar-refractivity contribution in [2.24, 2.45) is 21.8 Å². The van der Waals surface area contributed by atoms with Crippen molar-refractivity contribution in [3.05, 3.63) is 29.8 Å². The van der Waals surface area contributed by atoms with Gasteiger partial charge in [-0.05, 0) is 42.9 Å². The molecule has 1 aromatic carbocycles. The second-order valence-corrected chi connectivity index (χ2v) is 7.41. The van der Waals surface area contributed by atoms with Crippen LogP contribution in [0, 0.1) is 5.92 Å². The van der Waals surface area contributed by atoms with E-state index in [0.717, 1.165) is 43.8 Å². The summed E-state index contributed by atoms with van der Waals surface area (Å²) in [4.78, 5) is 6.67. The van der Waals surface area contributed by atoms with Crippen molar-refractivity contribution in [3.8, 4) is 0 Å². The molecule has 4 N–H and O–H groups in total. The summed E-state index contributed by atoms with van der Waals surface area (Å²) in [5.41, 5.74) is 7.03. The van der Waals surface area contributed by atoms with Gasteiger partial charge in [0.25, 0.3) is 0 Å². The van der Waals surface area contributed by atoms with E-state index in [1.165, 1.54) is 12.1 Å². The van der Waals surface area contributed by atoms with E-state index in [9.17, 15) is 8.42 Å². The molecule has 0 unspecified atom stereocenters. The number of sulfonamides is 1. The Labute approximate surface area is 155 Å². The van der Waals surface area contributed by atoms with Gasteiger partial charge in [0.15, 0.2) is 5.96 Å². The molecule has 2 rings (SSSR count). The third-order valence-electron chi connectivity index (χ3n) is 4.03. The molecule has 0 amide bonds.